The third kappa shape index (κ3) is 4.75. The summed E-state index contributed by atoms with van der Waals surface area (Å²) in [7, 11) is 0. The van der Waals surface area contributed by atoms with Gasteiger partial charge >= 0.3 is 6.18 Å². The number of rotatable bonds is 5. The zero-order valence-corrected chi connectivity index (χ0v) is 13.3. The van der Waals surface area contributed by atoms with E-state index < -0.39 is 17.1 Å². The molecular formula is C14H13F3N4O2S. The SMILES string of the molecule is Cc1ccccc1C(=O)NCCC(=O)Nc1nnc(C(F)(F)F)s1. The van der Waals surface area contributed by atoms with Gasteiger partial charge in [0.05, 0.1) is 0 Å². The molecule has 2 amide bonds. The van der Waals surface area contributed by atoms with E-state index in [1.54, 1.807) is 31.2 Å². The van der Waals surface area contributed by atoms with Crippen LogP contribution in [0.3, 0.4) is 0 Å². The molecule has 0 aliphatic rings. The number of hydrogen-bond acceptors (Lipinski definition) is 5. The lowest BCUT2D eigenvalue weighted by molar-refractivity contribution is -0.138. The molecule has 0 aliphatic carbocycles. The van der Waals surface area contributed by atoms with Crippen LogP contribution in [-0.2, 0) is 11.0 Å². The fraction of sp³-hybridized carbons (Fsp3) is 0.286. The van der Waals surface area contributed by atoms with Crippen molar-refractivity contribution >= 4 is 28.3 Å². The predicted molar refractivity (Wildman–Crippen MR) is 81.7 cm³/mol. The van der Waals surface area contributed by atoms with Crippen molar-refractivity contribution in [3.63, 3.8) is 0 Å². The first-order valence-electron chi connectivity index (χ1n) is 6.82. The largest absolute Gasteiger partial charge is 0.445 e. The van der Waals surface area contributed by atoms with Gasteiger partial charge in [-0.05, 0) is 18.6 Å². The summed E-state index contributed by atoms with van der Waals surface area (Å²) in [6.07, 6.45) is -4.69. The van der Waals surface area contributed by atoms with Crippen molar-refractivity contribution in [2.75, 3.05) is 11.9 Å². The molecule has 0 aliphatic heterocycles. The van der Waals surface area contributed by atoms with Gasteiger partial charge in [-0.15, -0.1) is 10.2 Å². The molecule has 0 saturated carbocycles. The monoisotopic (exact) mass is 358 g/mol. The van der Waals surface area contributed by atoms with Crippen LogP contribution in [0.15, 0.2) is 24.3 Å². The van der Waals surface area contributed by atoms with Crippen molar-refractivity contribution in [2.45, 2.75) is 19.5 Å². The maximum Gasteiger partial charge on any atom is 0.445 e. The minimum absolute atomic E-state index is 0.0456. The summed E-state index contributed by atoms with van der Waals surface area (Å²) in [5, 5.41) is 9.63. The number of hydrogen-bond donors (Lipinski definition) is 2. The molecular weight excluding hydrogens is 345 g/mol. The summed E-state index contributed by atoms with van der Waals surface area (Å²) >= 11 is 0.240. The van der Waals surface area contributed by atoms with E-state index in [9.17, 15) is 22.8 Å². The molecule has 2 rings (SSSR count). The zero-order valence-electron chi connectivity index (χ0n) is 12.5. The molecule has 1 aromatic carbocycles. The van der Waals surface area contributed by atoms with E-state index in [2.05, 4.69) is 20.8 Å². The quantitative estimate of drug-likeness (QED) is 0.861. The highest BCUT2D eigenvalue weighted by molar-refractivity contribution is 7.15. The summed E-state index contributed by atoms with van der Waals surface area (Å²) in [6, 6.07) is 6.97. The molecule has 1 heterocycles. The van der Waals surface area contributed by atoms with Crippen molar-refractivity contribution in [3.8, 4) is 0 Å². The molecule has 0 bridgehead atoms. The van der Waals surface area contributed by atoms with Gasteiger partial charge in [-0.3, -0.25) is 9.59 Å². The Bertz CT molecular complexity index is 746. The highest BCUT2D eigenvalue weighted by atomic mass is 32.1. The average Bonchev–Trinajstić information content (AvgIpc) is 2.96. The number of anilines is 1. The van der Waals surface area contributed by atoms with Crippen molar-refractivity contribution < 1.29 is 22.8 Å². The molecule has 0 unspecified atom stereocenters. The summed E-state index contributed by atoms with van der Waals surface area (Å²) in [5.74, 6) is -0.888. The van der Waals surface area contributed by atoms with Crippen LogP contribution in [0.1, 0.15) is 27.3 Å². The van der Waals surface area contributed by atoms with Crippen LogP contribution < -0.4 is 10.6 Å². The van der Waals surface area contributed by atoms with Crippen molar-refractivity contribution in [1.29, 1.82) is 0 Å². The van der Waals surface area contributed by atoms with E-state index in [1.807, 2.05) is 0 Å². The highest BCUT2D eigenvalue weighted by Gasteiger charge is 2.35. The molecule has 128 valence electrons. The predicted octanol–water partition coefficient (Wildman–Crippen LogP) is 2.62. The molecule has 1 aromatic heterocycles. The second kappa shape index (κ2) is 7.39. The fourth-order valence-corrected chi connectivity index (χ4v) is 2.41. The Balaban J connectivity index is 1.80. The number of nitrogens with one attached hydrogen (secondary N) is 2. The van der Waals surface area contributed by atoms with Gasteiger partial charge in [0.1, 0.15) is 0 Å². The topological polar surface area (TPSA) is 84.0 Å². The number of nitrogens with zero attached hydrogens (tertiary/aromatic N) is 2. The lowest BCUT2D eigenvalue weighted by Crippen LogP contribution is -2.28. The van der Waals surface area contributed by atoms with Gasteiger partial charge in [0.2, 0.25) is 16.0 Å². The number of aromatic nitrogens is 2. The minimum Gasteiger partial charge on any atom is -0.352 e. The number of carbonyl (C=O) groups excluding carboxylic acids is 2. The van der Waals surface area contributed by atoms with Gasteiger partial charge in [0.15, 0.2) is 0 Å². The van der Waals surface area contributed by atoms with Gasteiger partial charge in [-0.25, -0.2) is 0 Å². The minimum atomic E-state index is -4.60. The van der Waals surface area contributed by atoms with E-state index >= 15 is 0 Å². The second-order valence-corrected chi connectivity index (χ2v) is 5.76. The maximum atomic E-state index is 12.4. The standard InChI is InChI=1S/C14H13F3N4O2S/c1-8-4-2-3-5-9(8)11(23)18-7-6-10(22)19-13-21-20-12(24-13)14(15,16)17/h2-5H,6-7H2,1H3,(H,18,23)(H,19,21,22). The first-order valence-corrected chi connectivity index (χ1v) is 7.63. The number of benzene rings is 1. The third-order valence-electron chi connectivity index (χ3n) is 2.94. The molecule has 2 N–H and O–H groups in total. The molecule has 10 heteroatoms. The van der Waals surface area contributed by atoms with Crippen LogP contribution in [0, 0.1) is 6.92 Å². The van der Waals surface area contributed by atoms with E-state index in [4.69, 9.17) is 0 Å². The van der Waals surface area contributed by atoms with Crippen molar-refractivity contribution in [1.82, 2.24) is 15.5 Å². The van der Waals surface area contributed by atoms with E-state index in [1.165, 1.54) is 0 Å². The Hall–Kier alpha value is -2.49. The van der Waals surface area contributed by atoms with Gasteiger partial charge in [0, 0.05) is 18.5 Å². The number of carbonyl (C=O) groups is 2. The lowest BCUT2D eigenvalue weighted by Gasteiger charge is -2.07. The molecule has 24 heavy (non-hydrogen) atoms. The third-order valence-corrected chi connectivity index (χ3v) is 3.82. The fourth-order valence-electron chi connectivity index (χ4n) is 1.78. The number of halogens is 3. The van der Waals surface area contributed by atoms with Crippen molar-refractivity contribution in [3.05, 3.63) is 40.4 Å². The summed E-state index contributed by atoms with van der Waals surface area (Å²) in [5.41, 5.74) is 1.30. The smallest absolute Gasteiger partial charge is 0.352 e. The molecule has 0 atom stereocenters. The molecule has 6 nitrogen and oxygen atoms in total. The molecule has 0 spiro atoms. The van der Waals surface area contributed by atoms with Gasteiger partial charge in [-0.2, -0.15) is 13.2 Å². The Morgan fingerprint density at radius 1 is 1.21 bits per heavy atom. The Morgan fingerprint density at radius 3 is 2.54 bits per heavy atom. The van der Waals surface area contributed by atoms with Gasteiger partial charge in [0.25, 0.3) is 5.91 Å². The van der Waals surface area contributed by atoms with Crippen LogP contribution in [0.5, 0.6) is 0 Å². The average molecular weight is 358 g/mol. The second-order valence-electron chi connectivity index (χ2n) is 4.78. The summed E-state index contributed by atoms with van der Waals surface area (Å²) < 4.78 is 37.1. The first-order chi connectivity index (χ1) is 11.3. The lowest BCUT2D eigenvalue weighted by atomic mass is 10.1. The summed E-state index contributed by atoms with van der Waals surface area (Å²) in [6.45, 7) is 1.83. The number of alkyl halides is 3. The Kier molecular flexibility index (Phi) is 5.50. The van der Waals surface area contributed by atoms with Crippen molar-refractivity contribution in [2.24, 2.45) is 0 Å². The summed E-state index contributed by atoms with van der Waals surface area (Å²) in [4.78, 5) is 23.6. The highest BCUT2D eigenvalue weighted by Crippen LogP contribution is 2.32. The molecule has 0 radical (unpaired) electrons. The Morgan fingerprint density at radius 2 is 1.92 bits per heavy atom. The molecule has 0 fully saturated rings. The molecule has 2 aromatic rings. The number of amides is 2. The van der Waals surface area contributed by atoms with Gasteiger partial charge < -0.3 is 10.6 Å². The zero-order chi connectivity index (χ0) is 17.7. The van der Waals surface area contributed by atoms with Crippen LogP contribution in [-0.4, -0.2) is 28.6 Å². The van der Waals surface area contributed by atoms with Crippen LogP contribution in [0.4, 0.5) is 18.3 Å². The Labute approximate surface area is 139 Å². The van der Waals surface area contributed by atoms with E-state index in [0.717, 1.165) is 5.56 Å². The van der Waals surface area contributed by atoms with Crippen LogP contribution in [0.2, 0.25) is 0 Å². The number of aryl methyl sites for hydroxylation is 1. The van der Waals surface area contributed by atoms with E-state index in [0.29, 0.717) is 5.56 Å². The van der Waals surface area contributed by atoms with Crippen LogP contribution in [0.25, 0.3) is 0 Å². The molecule has 0 saturated heterocycles. The maximum absolute atomic E-state index is 12.4. The normalized spacial score (nSPS) is 11.2. The van der Waals surface area contributed by atoms with Gasteiger partial charge in [-0.1, -0.05) is 29.5 Å². The van der Waals surface area contributed by atoms with Crippen LogP contribution >= 0.6 is 11.3 Å². The van der Waals surface area contributed by atoms with E-state index in [-0.39, 0.29) is 35.3 Å². The first kappa shape index (κ1) is 17.9.